The third-order valence-corrected chi connectivity index (χ3v) is 14.2. The smallest absolute Gasteiger partial charge is 0.407 e. The van der Waals surface area contributed by atoms with Gasteiger partial charge in [0.1, 0.15) is 50.2 Å². The first-order valence-electron chi connectivity index (χ1n) is 25.8. The number of carbonyl (C=O) groups is 8. The van der Waals surface area contributed by atoms with E-state index in [1.54, 1.807) is 0 Å². The van der Waals surface area contributed by atoms with Crippen molar-refractivity contribution in [1.29, 1.82) is 0 Å². The molecule has 0 bridgehead atoms. The van der Waals surface area contributed by atoms with Crippen molar-refractivity contribution in [2.75, 3.05) is 61.0 Å². The van der Waals surface area contributed by atoms with Crippen LogP contribution in [0.4, 0.5) is 4.79 Å². The van der Waals surface area contributed by atoms with Gasteiger partial charge in [-0.1, -0.05) is 44.3 Å². The van der Waals surface area contributed by atoms with Crippen LogP contribution >= 0.6 is 0 Å². The average molecular weight is 1050 g/mol. The molecule has 74 heavy (non-hydrogen) atoms. The second-order valence-corrected chi connectivity index (χ2v) is 20.6. The molecular weight excluding hydrogens is 967 g/mol. The number of amides is 1. The van der Waals surface area contributed by atoms with Crippen LogP contribution in [0.25, 0.3) is 0 Å². The number of carboxylic acid groups (broad SMARTS) is 2. The first-order chi connectivity index (χ1) is 35.3. The summed E-state index contributed by atoms with van der Waals surface area (Å²) in [5.74, 6) is -2.88. The first kappa shape index (κ1) is 60.9. The Balaban J connectivity index is 0.000000639. The van der Waals surface area contributed by atoms with Gasteiger partial charge in [0.2, 0.25) is 0 Å². The molecule has 21 nitrogen and oxygen atoms in total. The number of fused-ring (bicyclic) bond motifs is 6. The zero-order valence-electron chi connectivity index (χ0n) is 43.9. The monoisotopic (exact) mass is 1050 g/mol. The number of allylic oxidation sites excluding steroid dienone is 2. The Labute approximate surface area is 434 Å². The summed E-state index contributed by atoms with van der Waals surface area (Å²) < 4.78 is 43.2. The van der Waals surface area contributed by atoms with Crippen molar-refractivity contribution in [3.8, 4) is 0 Å². The number of aliphatic carboxylic acids is 2. The van der Waals surface area contributed by atoms with Gasteiger partial charge < -0.3 is 63.2 Å². The van der Waals surface area contributed by atoms with Gasteiger partial charge in [0.15, 0.2) is 0 Å². The molecule has 0 aromatic carbocycles. The summed E-state index contributed by atoms with van der Waals surface area (Å²) in [6.45, 7) is 6.92. The number of epoxide rings is 2. The van der Waals surface area contributed by atoms with Crippen molar-refractivity contribution >= 4 is 48.9 Å². The van der Waals surface area contributed by atoms with Crippen LogP contribution in [0.2, 0.25) is 0 Å². The Morgan fingerprint density at radius 3 is 1.54 bits per heavy atom. The van der Waals surface area contributed by atoms with E-state index in [2.05, 4.69) is 40.8 Å². The third kappa shape index (κ3) is 20.6. The summed E-state index contributed by atoms with van der Waals surface area (Å²) in [4.78, 5) is 92.7. The summed E-state index contributed by atoms with van der Waals surface area (Å²) in [6, 6.07) is 0. The van der Waals surface area contributed by atoms with Crippen LogP contribution in [-0.4, -0.2) is 166 Å². The van der Waals surface area contributed by atoms with Gasteiger partial charge in [0.05, 0.1) is 35.2 Å². The second kappa shape index (κ2) is 30.7. The van der Waals surface area contributed by atoms with Crippen molar-refractivity contribution in [1.82, 2.24) is 15.1 Å². The van der Waals surface area contributed by atoms with Gasteiger partial charge in [-0.05, 0) is 117 Å². The van der Waals surface area contributed by atoms with Gasteiger partial charge in [-0.2, -0.15) is 0 Å². The summed E-state index contributed by atoms with van der Waals surface area (Å²) in [5.41, 5.74) is 1.66. The zero-order chi connectivity index (χ0) is 54.3. The SMILES string of the molecule is CN(C)CC1C(=O)O[C@H]2[C@H]1CC/C(COC(=O)CCCCCCCCCNC(=O)OC/C1=C/CC[C@@]3(C)O[C@H]3[C@H]3OC(=O)C(CN(C)C)[C@@H]3CC1)=C\CC[C@@]1(C)O[C@@H]21.O=CO/C=C/C(=O)O.O=CO/C=C/C(=O)O. The molecule has 0 spiro atoms. The molecule has 1 amide bonds. The van der Waals surface area contributed by atoms with Crippen molar-refractivity contribution in [3.63, 3.8) is 0 Å². The summed E-state index contributed by atoms with van der Waals surface area (Å²) in [5, 5.41) is 18.6. The second-order valence-electron chi connectivity index (χ2n) is 20.6. The van der Waals surface area contributed by atoms with Crippen LogP contribution in [0.1, 0.15) is 117 Å². The van der Waals surface area contributed by atoms with Gasteiger partial charge in [-0.15, -0.1) is 0 Å². The number of alkyl carbamates (subject to hydrolysis) is 1. The largest absolute Gasteiger partial charge is 0.478 e. The lowest BCUT2D eigenvalue weighted by molar-refractivity contribution is -0.146. The average Bonchev–Trinajstić information content (AvgIpc) is 4.14. The Bertz CT molecular complexity index is 1880. The molecule has 2 unspecified atom stereocenters. The summed E-state index contributed by atoms with van der Waals surface area (Å²) in [7, 11) is 7.93. The number of unbranched alkanes of at least 4 members (excludes halogenated alkanes) is 6. The standard InChI is InChI=1S/C45H71N3O10.2C4H4O4/c1-44-23-14-16-30(19-21-32-34(26-47(3)4)41(50)55-37(32)39(44)57-44)28-53-36(49)18-12-10-8-7-9-11-13-25-46-43(52)54-29-31-17-15-24-45(2)40(58-45)38-33(22-20-31)35(27-48(5)6)42(51)56-38;2*5-3-8-2-1-4(6)7/h16-17,32-35,37-40H,7-15,18-29H2,1-6H3,(H,46,52);2*1-3H,(H,6,7)/b30-16+,31-17+;2*2-1+/t32-,33-,34?,35?,37-,38-,39-,40-,44+,45+;;/m0../s1. The number of hydrogen-bond acceptors (Lipinski definition) is 18. The summed E-state index contributed by atoms with van der Waals surface area (Å²) in [6.07, 6.45) is 20.4. The van der Waals surface area contributed by atoms with Gasteiger partial charge in [-0.25, -0.2) is 14.4 Å². The van der Waals surface area contributed by atoms with Crippen LogP contribution < -0.4 is 5.32 Å². The van der Waals surface area contributed by atoms with Gasteiger partial charge in [0, 0.05) is 37.9 Å². The predicted molar refractivity (Wildman–Crippen MR) is 266 cm³/mol. The number of nitrogens with one attached hydrogen (secondary N) is 1. The van der Waals surface area contributed by atoms with Gasteiger partial charge in [0.25, 0.3) is 12.9 Å². The number of rotatable bonds is 24. The van der Waals surface area contributed by atoms with Gasteiger partial charge >= 0.3 is 35.9 Å². The number of carbonyl (C=O) groups excluding carboxylic acids is 6. The molecule has 0 radical (unpaired) electrons. The van der Waals surface area contributed by atoms with E-state index in [1.165, 1.54) is 0 Å². The molecule has 6 aliphatic rings. The van der Waals surface area contributed by atoms with Crippen molar-refractivity contribution in [2.45, 2.75) is 152 Å². The number of carboxylic acids is 2. The number of hydrogen-bond donors (Lipinski definition) is 3. The molecule has 0 saturated carbocycles. The molecule has 2 aliphatic carbocycles. The van der Waals surface area contributed by atoms with E-state index in [0.717, 1.165) is 120 Å². The van der Waals surface area contributed by atoms with E-state index in [0.29, 0.717) is 44.8 Å². The fraction of sp³-hybridized carbons (Fsp3) is 0.698. The highest BCUT2D eigenvalue weighted by Gasteiger charge is 2.64. The molecule has 3 N–H and O–H groups in total. The predicted octanol–water partition coefficient (Wildman–Crippen LogP) is 5.65. The zero-order valence-corrected chi connectivity index (χ0v) is 43.9. The van der Waals surface area contributed by atoms with E-state index in [1.807, 2.05) is 38.0 Å². The molecule has 21 heteroatoms. The maximum atomic E-state index is 12.8. The molecule has 0 aromatic heterocycles. The number of nitrogens with zero attached hydrogens (tertiary/aromatic N) is 2. The lowest BCUT2D eigenvalue weighted by Gasteiger charge is -2.24. The molecule has 4 aliphatic heterocycles. The van der Waals surface area contributed by atoms with Crippen molar-refractivity contribution in [3.05, 3.63) is 48.0 Å². The summed E-state index contributed by atoms with van der Waals surface area (Å²) >= 11 is 0. The van der Waals surface area contributed by atoms with Crippen molar-refractivity contribution in [2.24, 2.45) is 23.7 Å². The number of esters is 3. The Kier molecular flexibility index (Phi) is 25.2. The fourth-order valence-electron chi connectivity index (χ4n) is 10.2. The van der Waals surface area contributed by atoms with Crippen LogP contribution in [0, 0.1) is 23.7 Å². The highest BCUT2D eigenvalue weighted by Crippen LogP contribution is 2.51. The maximum Gasteiger partial charge on any atom is 0.407 e. The van der Waals surface area contributed by atoms with E-state index >= 15 is 0 Å². The third-order valence-electron chi connectivity index (χ3n) is 14.2. The van der Waals surface area contributed by atoms with E-state index < -0.39 is 18.0 Å². The first-order valence-corrected chi connectivity index (χ1v) is 25.8. The molecule has 4 heterocycles. The van der Waals surface area contributed by atoms with Crippen LogP contribution in [-0.2, 0) is 71.5 Å². The minimum atomic E-state index is -1.15. The van der Waals surface area contributed by atoms with E-state index in [-0.39, 0.29) is 96.7 Å². The number of ether oxygens (including phenoxy) is 8. The van der Waals surface area contributed by atoms with Crippen LogP contribution in [0.15, 0.2) is 48.0 Å². The molecule has 6 rings (SSSR count). The lowest BCUT2D eigenvalue weighted by atomic mass is 9.80. The lowest BCUT2D eigenvalue weighted by Crippen LogP contribution is -2.34. The molecule has 0 aromatic rings. The maximum absolute atomic E-state index is 12.8. The minimum Gasteiger partial charge on any atom is -0.478 e. The quantitative estimate of drug-likeness (QED) is 0.0154. The topological polar surface area (TPSA) is 276 Å². The fourth-order valence-corrected chi connectivity index (χ4v) is 10.2. The highest BCUT2D eigenvalue weighted by atomic mass is 16.7. The highest BCUT2D eigenvalue weighted by molar-refractivity contribution is 5.80. The van der Waals surface area contributed by atoms with Crippen LogP contribution in [0.3, 0.4) is 0 Å². The molecule has 4 saturated heterocycles. The molecule has 4 fully saturated rings. The van der Waals surface area contributed by atoms with Crippen LogP contribution in [0.5, 0.6) is 0 Å². The van der Waals surface area contributed by atoms with E-state index in [9.17, 15) is 38.4 Å². The van der Waals surface area contributed by atoms with Gasteiger partial charge in [-0.3, -0.25) is 24.0 Å². The Morgan fingerprint density at radius 2 is 1.11 bits per heavy atom. The molecular formula is C53H79N3O18. The Hall–Kier alpha value is -5.64. The van der Waals surface area contributed by atoms with Crippen molar-refractivity contribution < 1.29 is 86.5 Å². The Morgan fingerprint density at radius 1 is 0.676 bits per heavy atom. The molecule has 10 atom stereocenters. The van der Waals surface area contributed by atoms with E-state index in [4.69, 9.17) is 38.6 Å². The minimum absolute atomic E-state index is 0.0317. The normalized spacial score (nSPS) is 30.3. The molecule has 414 valence electrons.